The van der Waals surface area contributed by atoms with Crippen LogP contribution >= 0.6 is 11.6 Å². The van der Waals surface area contributed by atoms with Gasteiger partial charge in [-0.3, -0.25) is 9.59 Å². The Morgan fingerprint density at radius 3 is 2.36 bits per heavy atom. The number of anilines is 2. The van der Waals surface area contributed by atoms with Crippen molar-refractivity contribution in [3.8, 4) is 11.4 Å². The molecule has 0 spiro atoms. The van der Waals surface area contributed by atoms with Gasteiger partial charge in [0.05, 0.1) is 0 Å². The Bertz CT molecular complexity index is 1510. The van der Waals surface area contributed by atoms with E-state index in [4.69, 9.17) is 16.6 Å². The van der Waals surface area contributed by atoms with Gasteiger partial charge in [0.1, 0.15) is 17.5 Å². The number of carbonyl (C=O) groups excluding carboxylic acids is 2. The molecule has 0 atom stereocenters. The van der Waals surface area contributed by atoms with Gasteiger partial charge in [0.2, 0.25) is 5.91 Å². The number of amides is 2. The zero-order chi connectivity index (χ0) is 27.4. The highest BCUT2D eigenvalue weighted by atomic mass is 35.5. The summed E-state index contributed by atoms with van der Waals surface area (Å²) in [6.45, 7) is 4.59. The molecule has 1 aliphatic heterocycles. The zero-order valence-corrected chi connectivity index (χ0v) is 22.2. The van der Waals surface area contributed by atoms with Gasteiger partial charge >= 0.3 is 0 Å². The Kier molecular flexibility index (Phi) is 7.88. The van der Waals surface area contributed by atoms with Gasteiger partial charge < -0.3 is 20.4 Å². The van der Waals surface area contributed by atoms with Crippen LogP contribution in [0.3, 0.4) is 0 Å². The number of aromatic nitrogens is 2. The molecule has 1 aromatic heterocycles. The van der Waals surface area contributed by atoms with Crippen LogP contribution in [0.4, 0.5) is 16.0 Å². The summed E-state index contributed by atoms with van der Waals surface area (Å²) in [7, 11) is 0. The summed E-state index contributed by atoms with van der Waals surface area (Å²) in [6, 6.07) is 19.2. The molecule has 2 heterocycles. The van der Waals surface area contributed by atoms with Crippen LogP contribution in [0.25, 0.3) is 22.2 Å². The summed E-state index contributed by atoms with van der Waals surface area (Å²) in [5.74, 6) is 1.36. The highest BCUT2D eigenvalue weighted by Gasteiger charge is 2.25. The molecule has 0 aliphatic carbocycles. The topological polar surface area (TPSA) is 90.5 Å². The number of halogens is 2. The van der Waals surface area contributed by atoms with Crippen LogP contribution in [0.15, 0.2) is 66.7 Å². The molecule has 0 saturated carbocycles. The van der Waals surface area contributed by atoms with E-state index in [9.17, 15) is 14.0 Å². The largest absolute Gasteiger partial charge is 0.368 e. The number of carbonyl (C=O) groups is 2. The van der Waals surface area contributed by atoms with Crippen molar-refractivity contribution in [3.05, 3.63) is 83.1 Å². The quantitative estimate of drug-likeness (QED) is 0.329. The van der Waals surface area contributed by atoms with Crippen molar-refractivity contribution in [2.45, 2.75) is 6.92 Å². The Balaban J connectivity index is 1.34. The van der Waals surface area contributed by atoms with E-state index in [2.05, 4.69) is 20.5 Å². The van der Waals surface area contributed by atoms with E-state index in [1.165, 1.54) is 13.0 Å². The van der Waals surface area contributed by atoms with Crippen molar-refractivity contribution < 1.29 is 14.0 Å². The summed E-state index contributed by atoms with van der Waals surface area (Å²) in [4.78, 5) is 38.0. The van der Waals surface area contributed by atoms with Crippen LogP contribution in [-0.2, 0) is 4.79 Å². The van der Waals surface area contributed by atoms with Crippen molar-refractivity contribution >= 4 is 45.8 Å². The molecule has 0 bridgehead atoms. The highest BCUT2D eigenvalue weighted by Crippen LogP contribution is 2.26. The van der Waals surface area contributed by atoms with Crippen LogP contribution in [0, 0.1) is 5.82 Å². The number of hydrogen-bond donors (Lipinski definition) is 2. The molecule has 39 heavy (non-hydrogen) atoms. The molecule has 1 fully saturated rings. The SMILES string of the molecule is CC(=O)NCCNc1cc(N2CCN(C(=O)c3ccc(F)c4ccccc34)CC2)nc(-c2ccc(Cl)cc2)n1. The normalized spacial score (nSPS) is 13.4. The molecule has 2 amide bonds. The highest BCUT2D eigenvalue weighted by molar-refractivity contribution is 6.30. The molecule has 5 rings (SSSR count). The molecule has 4 aromatic rings. The monoisotopic (exact) mass is 546 g/mol. The van der Waals surface area contributed by atoms with Gasteiger partial charge in [-0.2, -0.15) is 0 Å². The molecule has 2 N–H and O–H groups in total. The second kappa shape index (κ2) is 11.7. The maximum atomic E-state index is 14.3. The lowest BCUT2D eigenvalue weighted by Crippen LogP contribution is -2.49. The molecule has 0 radical (unpaired) electrons. The maximum absolute atomic E-state index is 14.3. The first-order valence-corrected chi connectivity index (χ1v) is 13.1. The number of rotatable bonds is 7. The molecule has 0 unspecified atom stereocenters. The lowest BCUT2D eigenvalue weighted by molar-refractivity contribution is -0.118. The van der Waals surface area contributed by atoms with Crippen molar-refractivity contribution in [1.82, 2.24) is 20.2 Å². The summed E-state index contributed by atoms with van der Waals surface area (Å²) >= 11 is 6.07. The minimum atomic E-state index is -0.339. The Morgan fingerprint density at radius 2 is 1.64 bits per heavy atom. The smallest absolute Gasteiger partial charge is 0.254 e. The molecule has 1 saturated heterocycles. The minimum absolute atomic E-state index is 0.0944. The first kappa shape index (κ1) is 26.4. The fourth-order valence-corrected chi connectivity index (χ4v) is 4.73. The van der Waals surface area contributed by atoms with E-state index in [-0.39, 0.29) is 17.6 Å². The number of nitrogens with one attached hydrogen (secondary N) is 2. The molecular weight excluding hydrogens is 519 g/mol. The first-order chi connectivity index (χ1) is 18.9. The summed E-state index contributed by atoms with van der Waals surface area (Å²) in [5.41, 5.74) is 1.32. The van der Waals surface area contributed by atoms with Crippen LogP contribution in [-0.4, -0.2) is 66.0 Å². The van der Waals surface area contributed by atoms with E-state index in [1.54, 1.807) is 41.3 Å². The fraction of sp³-hybridized carbons (Fsp3) is 0.241. The summed E-state index contributed by atoms with van der Waals surface area (Å²) in [5, 5.41) is 7.70. The Hall–Kier alpha value is -4.24. The van der Waals surface area contributed by atoms with Gasteiger partial charge in [-0.25, -0.2) is 14.4 Å². The van der Waals surface area contributed by atoms with E-state index in [1.807, 2.05) is 24.3 Å². The minimum Gasteiger partial charge on any atom is -0.368 e. The third-order valence-corrected chi connectivity index (χ3v) is 6.86. The standard InChI is InChI=1S/C29H28ClFN6O2/c1-19(38)32-12-13-33-26-18-27(35-28(34-26)20-6-8-21(30)9-7-20)36-14-16-37(17-15-36)29(39)24-10-11-25(31)23-5-3-2-4-22(23)24/h2-11,18H,12-17H2,1H3,(H,32,38)(H,33,34,35). The third kappa shape index (κ3) is 6.09. The van der Waals surface area contributed by atoms with Crippen molar-refractivity contribution in [3.63, 3.8) is 0 Å². The molecule has 1 aliphatic rings. The lowest BCUT2D eigenvalue weighted by Gasteiger charge is -2.35. The molecule has 200 valence electrons. The summed E-state index contributed by atoms with van der Waals surface area (Å²) < 4.78 is 14.3. The number of hydrogen-bond acceptors (Lipinski definition) is 6. The zero-order valence-electron chi connectivity index (χ0n) is 21.5. The van der Waals surface area contributed by atoms with Gasteiger partial charge in [-0.1, -0.05) is 35.9 Å². The molecule has 8 nitrogen and oxygen atoms in total. The third-order valence-electron chi connectivity index (χ3n) is 6.61. The van der Waals surface area contributed by atoms with Crippen LogP contribution in [0.2, 0.25) is 5.02 Å². The van der Waals surface area contributed by atoms with E-state index in [0.29, 0.717) is 72.3 Å². The predicted molar refractivity (Wildman–Crippen MR) is 152 cm³/mol. The molecule has 10 heteroatoms. The van der Waals surface area contributed by atoms with Gasteiger partial charge in [0.15, 0.2) is 5.82 Å². The first-order valence-electron chi connectivity index (χ1n) is 12.7. The average molecular weight is 547 g/mol. The number of nitrogens with zero attached hydrogens (tertiary/aromatic N) is 4. The van der Waals surface area contributed by atoms with E-state index >= 15 is 0 Å². The van der Waals surface area contributed by atoms with Crippen LogP contribution in [0.5, 0.6) is 0 Å². The van der Waals surface area contributed by atoms with Gasteiger partial charge in [0.25, 0.3) is 5.91 Å². The number of benzene rings is 3. The van der Waals surface area contributed by atoms with Gasteiger partial charge in [-0.05, 0) is 41.8 Å². The van der Waals surface area contributed by atoms with E-state index in [0.717, 1.165) is 11.4 Å². The number of fused-ring (bicyclic) bond motifs is 1. The number of piperazine rings is 1. The van der Waals surface area contributed by atoms with Crippen LogP contribution in [0.1, 0.15) is 17.3 Å². The second-order valence-electron chi connectivity index (χ2n) is 9.27. The summed E-state index contributed by atoms with van der Waals surface area (Å²) in [6.07, 6.45) is 0. The van der Waals surface area contributed by atoms with Gasteiger partial charge in [0, 0.05) is 73.8 Å². The average Bonchev–Trinajstić information content (AvgIpc) is 2.95. The predicted octanol–water partition coefficient (Wildman–Crippen LogP) is 4.60. The van der Waals surface area contributed by atoms with Gasteiger partial charge in [-0.15, -0.1) is 0 Å². The fourth-order valence-electron chi connectivity index (χ4n) is 4.60. The Labute approximate surface area is 230 Å². The van der Waals surface area contributed by atoms with Crippen molar-refractivity contribution in [1.29, 1.82) is 0 Å². The van der Waals surface area contributed by atoms with Crippen LogP contribution < -0.4 is 15.5 Å². The van der Waals surface area contributed by atoms with Crippen molar-refractivity contribution in [2.24, 2.45) is 0 Å². The van der Waals surface area contributed by atoms with Crippen molar-refractivity contribution in [2.75, 3.05) is 49.5 Å². The van der Waals surface area contributed by atoms with E-state index < -0.39 is 0 Å². The second-order valence-corrected chi connectivity index (χ2v) is 9.71. The lowest BCUT2D eigenvalue weighted by atomic mass is 10.0. The molecule has 3 aromatic carbocycles. The maximum Gasteiger partial charge on any atom is 0.254 e. The Morgan fingerprint density at radius 1 is 0.923 bits per heavy atom. The molecular formula is C29H28ClFN6O2.